The monoisotopic (exact) mass is 1270 g/mol. The summed E-state index contributed by atoms with van der Waals surface area (Å²) in [6.07, 6.45) is 48.3. The van der Waals surface area contributed by atoms with Crippen molar-refractivity contribution in [2.45, 2.75) is 367 Å². The van der Waals surface area contributed by atoms with E-state index in [1.54, 1.807) is 0 Å². The smallest absolute Gasteiger partial charge is 0.462 e. The van der Waals surface area contributed by atoms with Gasteiger partial charge in [-0.2, -0.15) is 0 Å². The summed E-state index contributed by atoms with van der Waals surface area (Å²) < 4.78 is 68.1. The summed E-state index contributed by atoms with van der Waals surface area (Å²) >= 11 is 0. The Hall–Kier alpha value is -1.94. The van der Waals surface area contributed by atoms with E-state index in [2.05, 4.69) is 27.7 Å². The van der Waals surface area contributed by atoms with Gasteiger partial charge < -0.3 is 33.8 Å². The Labute approximate surface area is 524 Å². The Morgan fingerprint density at radius 1 is 0.279 bits per heavy atom. The van der Waals surface area contributed by atoms with Crippen molar-refractivity contribution in [3.63, 3.8) is 0 Å². The van der Waals surface area contributed by atoms with Gasteiger partial charge >= 0.3 is 39.5 Å². The van der Waals surface area contributed by atoms with Gasteiger partial charge in [-0.1, -0.05) is 297 Å². The van der Waals surface area contributed by atoms with Crippen LogP contribution in [0.2, 0.25) is 0 Å². The molecule has 510 valence electrons. The van der Waals surface area contributed by atoms with Crippen molar-refractivity contribution in [2.75, 3.05) is 39.6 Å². The molecule has 2 unspecified atom stereocenters. The Morgan fingerprint density at radius 2 is 0.465 bits per heavy atom. The first-order valence-electron chi connectivity index (χ1n) is 35.3. The number of carbonyl (C=O) groups is 4. The van der Waals surface area contributed by atoms with Crippen LogP contribution in [0.25, 0.3) is 0 Å². The molecule has 0 saturated heterocycles. The van der Waals surface area contributed by atoms with E-state index in [1.165, 1.54) is 180 Å². The van der Waals surface area contributed by atoms with E-state index in [9.17, 15) is 43.2 Å². The second kappa shape index (κ2) is 61.9. The van der Waals surface area contributed by atoms with E-state index in [-0.39, 0.29) is 25.7 Å². The van der Waals surface area contributed by atoms with Crippen molar-refractivity contribution in [3.8, 4) is 0 Å². The zero-order valence-electron chi connectivity index (χ0n) is 55.3. The third-order valence-corrected chi connectivity index (χ3v) is 17.5. The number of phosphoric ester groups is 2. The van der Waals surface area contributed by atoms with Gasteiger partial charge in [-0.15, -0.1) is 0 Å². The minimum atomic E-state index is -4.95. The lowest BCUT2D eigenvalue weighted by atomic mass is 10.0. The van der Waals surface area contributed by atoms with Crippen molar-refractivity contribution in [3.05, 3.63) is 0 Å². The van der Waals surface area contributed by atoms with Gasteiger partial charge in [-0.05, 0) is 25.7 Å². The van der Waals surface area contributed by atoms with Crippen LogP contribution < -0.4 is 0 Å². The van der Waals surface area contributed by atoms with Crippen LogP contribution >= 0.6 is 15.6 Å². The third kappa shape index (κ3) is 60.9. The van der Waals surface area contributed by atoms with E-state index >= 15 is 0 Å². The molecule has 17 nitrogen and oxygen atoms in total. The number of phosphoric acid groups is 2. The standard InChI is InChI=1S/C67H130O17P2/c1-5-9-13-17-21-25-29-30-31-34-38-42-46-50-54-67(72)84-63(58-78-65(70)52-48-44-40-36-32-26-22-18-14-10-6-2)60-82-86(75,76)80-56-61(68)55-79-85(73,74)81-59-62(57-77-64(69)51-47-43-39-35-28-24-20-16-12-8-4)83-66(71)53-49-45-41-37-33-27-23-19-15-11-7-3/h61-63,68H,5-60H2,1-4H3,(H,73,74)(H,75,76)/t61-,62+,63+/m0/s1. The topological polar surface area (TPSA) is 237 Å². The SMILES string of the molecule is CCCCCCCCCCCCCCCCC(=O)O[C@H](COC(=O)CCCCCCCCCCCCC)COP(=O)(O)OC[C@@H](O)COP(=O)(O)OC[C@@H](COC(=O)CCCCCCCCCCCC)OC(=O)CCCCCCCCCCCCC. The lowest BCUT2D eigenvalue weighted by molar-refractivity contribution is -0.161. The van der Waals surface area contributed by atoms with Crippen LogP contribution in [0.5, 0.6) is 0 Å². The molecule has 0 aromatic carbocycles. The van der Waals surface area contributed by atoms with Crippen LogP contribution in [-0.4, -0.2) is 96.7 Å². The molecular formula is C67H130O17P2. The molecule has 0 aromatic rings. The summed E-state index contributed by atoms with van der Waals surface area (Å²) in [5, 5.41) is 10.6. The van der Waals surface area contributed by atoms with Crippen LogP contribution in [0, 0.1) is 0 Å². The number of hydrogen-bond donors (Lipinski definition) is 3. The molecule has 5 atom stereocenters. The molecule has 0 rings (SSSR count). The van der Waals surface area contributed by atoms with Crippen molar-refractivity contribution in [1.82, 2.24) is 0 Å². The quantitative estimate of drug-likeness (QED) is 0.0222. The normalized spacial score (nSPS) is 14.1. The van der Waals surface area contributed by atoms with Crippen LogP contribution in [0.4, 0.5) is 0 Å². The van der Waals surface area contributed by atoms with E-state index in [1.807, 2.05) is 0 Å². The van der Waals surface area contributed by atoms with Crippen LogP contribution in [0.15, 0.2) is 0 Å². The zero-order valence-corrected chi connectivity index (χ0v) is 57.1. The second-order valence-corrected chi connectivity index (χ2v) is 27.1. The number of aliphatic hydroxyl groups excluding tert-OH is 1. The number of rotatable bonds is 68. The fourth-order valence-corrected chi connectivity index (χ4v) is 11.7. The molecule has 0 aliphatic carbocycles. The molecule has 0 saturated carbocycles. The van der Waals surface area contributed by atoms with Crippen LogP contribution in [-0.2, 0) is 65.4 Å². The van der Waals surface area contributed by atoms with E-state index in [0.29, 0.717) is 25.7 Å². The Balaban J connectivity index is 5.23. The molecular weight excluding hydrogens is 1140 g/mol. The molecule has 0 radical (unpaired) electrons. The molecule has 0 amide bonds. The maximum atomic E-state index is 13.0. The van der Waals surface area contributed by atoms with Crippen LogP contribution in [0.3, 0.4) is 0 Å². The van der Waals surface area contributed by atoms with Crippen LogP contribution in [0.1, 0.15) is 349 Å². The van der Waals surface area contributed by atoms with E-state index in [4.69, 9.17) is 37.0 Å². The number of ether oxygens (including phenoxy) is 4. The zero-order chi connectivity index (χ0) is 63.3. The molecule has 3 N–H and O–H groups in total. The highest BCUT2D eigenvalue weighted by Crippen LogP contribution is 2.45. The average molecular weight is 1270 g/mol. The first kappa shape index (κ1) is 84.1. The summed E-state index contributed by atoms with van der Waals surface area (Å²) in [4.78, 5) is 72.4. The van der Waals surface area contributed by atoms with Gasteiger partial charge in [0.1, 0.15) is 19.3 Å². The molecule has 0 bridgehead atoms. The van der Waals surface area contributed by atoms with Crippen molar-refractivity contribution < 1.29 is 80.2 Å². The highest BCUT2D eigenvalue weighted by atomic mass is 31.2. The number of unbranched alkanes of at least 4 members (excludes halogenated alkanes) is 42. The molecule has 0 fully saturated rings. The fourth-order valence-electron chi connectivity index (χ4n) is 10.2. The lowest BCUT2D eigenvalue weighted by Gasteiger charge is -2.21. The fraction of sp³-hybridized carbons (Fsp3) is 0.940. The van der Waals surface area contributed by atoms with Crippen molar-refractivity contribution >= 4 is 39.5 Å². The number of carbonyl (C=O) groups excluding carboxylic acids is 4. The first-order valence-corrected chi connectivity index (χ1v) is 38.3. The Morgan fingerprint density at radius 3 is 0.686 bits per heavy atom. The minimum Gasteiger partial charge on any atom is -0.462 e. The average Bonchev–Trinajstić information content (AvgIpc) is 3.50. The maximum absolute atomic E-state index is 13.0. The summed E-state index contributed by atoms with van der Waals surface area (Å²) in [5.74, 6) is -2.12. The first-order chi connectivity index (χ1) is 41.7. The minimum absolute atomic E-state index is 0.107. The van der Waals surface area contributed by atoms with Gasteiger partial charge in [0.05, 0.1) is 26.4 Å². The summed E-state index contributed by atoms with van der Waals surface area (Å²) in [5.41, 5.74) is 0. The van der Waals surface area contributed by atoms with E-state index < -0.39 is 97.5 Å². The Kier molecular flexibility index (Phi) is 60.5. The summed E-state index contributed by atoms with van der Waals surface area (Å²) in [6, 6.07) is 0. The predicted molar refractivity (Wildman–Crippen MR) is 345 cm³/mol. The van der Waals surface area contributed by atoms with E-state index in [0.717, 1.165) is 89.9 Å². The van der Waals surface area contributed by atoms with Gasteiger partial charge in [-0.25, -0.2) is 9.13 Å². The molecule has 19 heteroatoms. The molecule has 0 aliphatic rings. The third-order valence-electron chi connectivity index (χ3n) is 15.6. The van der Waals surface area contributed by atoms with Gasteiger partial charge in [0.2, 0.25) is 0 Å². The highest BCUT2D eigenvalue weighted by molar-refractivity contribution is 7.47. The summed E-state index contributed by atoms with van der Waals surface area (Å²) in [6.45, 7) is 4.91. The van der Waals surface area contributed by atoms with Gasteiger partial charge in [-0.3, -0.25) is 37.3 Å². The molecule has 0 spiro atoms. The predicted octanol–water partition coefficient (Wildman–Crippen LogP) is 19.1. The van der Waals surface area contributed by atoms with Crippen molar-refractivity contribution in [2.24, 2.45) is 0 Å². The molecule has 0 aliphatic heterocycles. The molecule has 0 heterocycles. The second-order valence-electron chi connectivity index (χ2n) is 24.2. The molecule has 0 aromatic heterocycles. The lowest BCUT2D eigenvalue weighted by Crippen LogP contribution is -2.30. The number of esters is 4. The van der Waals surface area contributed by atoms with Gasteiger partial charge in [0.15, 0.2) is 12.2 Å². The maximum Gasteiger partial charge on any atom is 0.472 e. The molecule has 86 heavy (non-hydrogen) atoms. The van der Waals surface area contributed by atoms with Crippen molar-refractivity contribution in [1.29, 1.82) is 0 Å². The number of aliphatic hydroxyl groups is 1. The largest absolute Gasteiger partial charge is 0.472 e. The summed E-state index contributed by atoms with van der Waals surface area (Å²) in [7, 11) is -9.89. The highest BCUT2D eigenvalue weighted by Gasteiger charge is 2.30. The van der Waals surface area contributed by atoms with Gasteiger partial charge in [0, 0.05) is 25.7 Å². The Bertz CT molecular complexity index is 1650. The van der Waals surface area contributed by atoms with Gasteiger partial charge in [0.25, 0.3) is 0 Å². The number of hydrogen-bond acceptors (Lipinski definition) is 15.